The third-order valence-corrected chi connectivity index (χ3v) is 4.00. The number of anilines is 1. The van der Waals surface area contributed by atoms with Crippen molar-refractivity contribution in [3.05, 3.63) is 62.5 Å². The molecular formula is C15H13Br2F2N. The third-order valence-electron chi connectivity index (χ3n) is 2.87. The largest absolute Gasteiger partial charge is 0.380 e. The molecule has 2 rings (SSSR count). The molecule has 0 aliphatic heterocycles. The van der Waals surface area contributed by atoms with Crippen LogP contribution in [0.15, 0.2) is 45.3 Å². The van der Waals surface area contributed by atoms with Gasteiger partial charge in [0.15, 0.2) is 0 Å². The molecule has 0 aromatic heterocycles. The Kier molecular flexibility index (Phi) is 5.16. The van der Waals surface area contributed by atoms with Crippen LogP contribution in [0, 0.1) is 11.6 Å². The van der Waals surface area contributed by atoms with Gasteiger partial charge >= 0.3 is 0 Å². The Hall–Kier alpha value is -0.940. The number of rotatable bonds is 4. The Morgan fingerprint density at radius 2 is 1.70 bits per heavy atom. The van der Waals surface area contributed by atoms with E-state index in [2.05, 4.69) is 37.2 Å². The van der Waals surface area contributed by atoms with E-state index in [-0.39, 0.29) is 10.5 Å². The van der Waals surface area contributed by atoms with Gasteiger partial charge in [-0.1, -0.05) is 28.1 Å². The van der Waals surface area contributed by atoms with E-state index in [1.165, 1.54) is 6.07 Å². The summed E-state index contributed by atoms with van der Waals surface area (Å²) in [6.07, 6.45) is 0.752. The SMILES string of the molecule is CC(Cc1ccc(Br)cc1)Nc1cc(Br)c(F)cc1F. The number of hydrogen-bond acceptors (Lipinski definition) is 1. The summed E-state index contributed by atoms with van der Waals surface area (Å²) in [6.45, 7) is 1.96. The monoisotopic (exact) mass is 403 g/mol. The van der Waals surface area contributed by atoms with Crippen molar-refractivity contribution in [1.82, 2.24) is 0 Å². The Balaban J connectivity index is 2.06. The van der Waals surface area contributed by atoms with Crippen LogP contribution in [0.3, 0.4) is 0 Å². The minimum atomic E-state index is -0.603. The fraction of sp³-hybridized carbons (Fsp3) is 0.200. The van der Waals surface area contributed by atoms with Crippen molar-refractivity contribution in [2.75, 3.05) is 5.32 Å². The van der Waals surface area contributed by atoms with Crippen LogP contribution in [0.2, 0.25) is 0 Å². The summed E-state index contributed by atoms with van der Waals surface area (Å²) in [5.41, 5.74) is 1.44. The molecule has 106 valence electrons. The maximum absolute atomic E-state index is 13.7. The summed E-state index contributed by atoms with van der Waals surface area (Å²) in [6, 6.07) is 10.3. The molecule has 0 saturated carbocycles. The van der Waals surface area contributed by atoms with E-state index in [0.29, 0.717) is 5.69 Å². The van der Waals surface area contributed by atoms with Crippen molar-refractivity contribution < 1.29 is 8.78 Å². The lowest BCUT2D eigenvalue weighted by Crippen LogP contribution is -2.19. The van der Waals surface area contributed by atoms with E-state index in [1.54, 1.807) is 0 Å². The molecule has 2 aromatic carbocycles. The first-order chi connectivity index (χ1) is 9.45. The van der Waals surface area contributed by atoms with E-state index in [4.69, 9.17) is 0 Å². The second kappa shape index (κ2) is 6.68. The molecule has 1 N–H and O–H groups in total. The molecule has 20 heavy (non-hydrogen) atoms. The molecular weight excluding hydrogens is 392 g/mol. The predicted molar refractivity (Wildman–Crippen MR) is 85.0 cm³/mol. The van der Waals surface area contributed by atoms with Crippen LogP contribution in [-0.4, -0.2) is 6.04 Å². The number of benzene rings is 2. The molecule has 0 fully saturated rings. The molecule has 0 amide bonds. The standard InChI is InChI=1S/C15H13Br2F2N/c1-9(6-10-2-4-11(16)5-3-10)20-15-7-12(17)13(18)8-14(15)19/h2-5,7-9,20H,6H2,1H3. The van der Waals surface area contributed by atoms with Crippen molar-refractivity contribution in [2.24, 2.45) is 0 Å². The molecule has 1 nitrogen and oxygen atoms in total. The molecule has 0 saturated heterocycles. The highest BCUT2D eigenvalue weighted by Crippen LogP contribution is 2.24. The minimum absolute atomic E-state index is 0.0306. The van der Waals surface area contributed by atoms with Gasteiger partial charge in [0.2, 0.25) is 0 Å². The first-order valence-electron chi connectivity index (χ1n) is 6.11. The lowest BCUT2D eigenvalue weighted by molar-refractivity contribution is 0.579. The summed E-state index contributed by atoms with van der Waals surface area (Å²) in [4.78, 5) is 0. The van der Waals surface area contributed by atoms with Gasteiger partial charge in [0.1, 0.15) is 11.6 Å². The Labute approximate surface area is 133 Å². The lowest BCUT2D eigenvalue weighted by atomic mass is 10.1. The zero-order chi connectivity index (χ0) is 14.7. The molecule has 0 bridgehead atoms. The van der Waals surface area contributed by atoms with Crippen LogP contribution in [0.1, 0.15) is 12.5 Å². The molecule has 0 heterocycles. The average molecular weight is 405 g/mol. The Bertz CT molecular complexity index is 600. The summed E-state index contributed by atoms with van der Waals surface area (Å²) >= 11 is 6.44. The molecule has 0 aliphatic rings. The van der Waals surface area contributed by atoms with Crippen LogP contribution in [0.25, 0.3) is 0 Å². The summed E-state index contributed by atoms with van der Waals surface area (Å²) in [5.74, 6) is -1.19. The molecule has 1 unspecified atom stereocenters. The summed E-state index contributed by atoms with van der Waals surface area (Å²) in [7, 11) is 0. The number of halogens is 4. The Morgan fingerprint density at radius 3 is 2.35 bits per heavy atom. The Morgan fingerprint density at radius 1 is 1.05 bits per heavy atom. The predicted octanol–water partition coefficient (Wildman–Crippen LogP) is 5.53. The first-order valence-corrected chi connectivity index (χ1v) is 7.70. The quantitative estimate of drug-likeness (QED) is 0.660. The van der Waals surface area contributed by atoms with Crippen molar-refractivity contribution >= 4 is 37.5 Å². The van der Waals surface area contributed by atoms with E-state index < -0.39 is 11.6 Å². The van der Waals surface area contributed by atoms with Crippen molar-refractivity contribution in [2.45, 2.75) is 19.4 Å². The van der Waals surface area contributed by atoms with Crippen molar-refractivity contribution in [3.8, 4) is 0 Å². The van der Waals surface area contributed by atoms with E-state index in [1.807, 2.05) is 31.2 Å². The van der Waals surface area contributed by atoms with Gasteiger partial charge in [-0.2, -0.15) is 0 Å². The molecule has 0 radical (unpaired) electrons. The van der Waals surface area contributed by atoms with Gasteiger partial charge in [-0.05, 0) is 53.0 Å². The van der Waals surface area contributed by atoms with Crippen molar-refractivity contribution in [3.63, 3.8) is 0 Å². The highest BCUT2D eigenvalue weighted by molar-refractivity contribution is 9.10. The van der Waals surface area contributed by atoms with Gasteiger partial charge in [0, 0.05) is 16.6 Å². The normalized spacial score (nSPS) is 12.2. The summed E-state index contributed by atoms with van der Waals surface area (Å²) in [5, 5.41) is 3.06. The molecule has 0 aliphatic carbocycles. The highest BCUT2D eigenvalue weighted by atomic mass is 79.9. The zero-order valence-electron chi connectivity index (χ0n) is 10.8. The molecule has 0 spiro atoms. The van der Waals surface area contributed by atoms with Crippen LogP contribution in [0.4, 0.5) is 14.5 Å². The number of nitrogens with one attached hydrogen (secondary N) is 1. The van der Waals surface area contributed by atoms with Crippen LogP contribution in [0.5, 0.6) is 0 Å². The average Bonchev–Trinajstić information content (AvgIpc) is 2.39. The van der Waals surface area contributed by atoms with Gasteiger partial charge in [-0.15, -0.1) is 0 Å². The van der Waals surface area contributed by atoms with Gasteiger partial charge in [0.25, 0.3) is 0 Å². The van der Waals surface area contributed by atoms with E-state index in [9.17, 15) is 8.78 Å². The minimum Gasteiger partial charge on any atom is -0.380 e. The smallest absolute Gasteiger partial charge is 0.149 e. The highest BCUT2D eigenvalue weighted by Gasteiger charge is 2.11. The molecule has 2 aromatic rings. The maximum Gasteiger partial charge on any atom is 0.149 e. The van der Waals surface area contributed by atoms with Gasteiger partial charge in [-0.25, -0.2) is 8.78 Å². The van der Waals surface area contributed by atoms with Crippen LogP contribution >= 0.6 is 31.9 Å². The zero-order valence-corrected chi connectivity index (χ0v) is 13.9. The van der Waals surface area contributed by atoms with Gasteiger partial charge < -0.3 is 5.32 Å². The van der Waals surface area contributed by atoms with E-state index in [0.717, 1.165) is 22.5 Å². The van der Waals surface area contributed by atoms with E-state index >= 15 is 0 Å². The summed E-state index contributed by atoms with van der Waals surface area (Å²) < 4.78 is 28.1. The van der Waals surface area contributed by atoms with Gasteiger partial charge in [0.05, 0.1) is 10.2 Å². The van der Waals surface area contributed by atoms with Crippen LogP contribution < -0.4 is 5.32 Å². The fourth-order valence-corrected chi connectivity index (χ4v) is 2.53. The van der Waals surface area contributed by atoms with Gasteiger partial charge in [-0.3, -0.25) is 0 Å². The van der Waals surface area contributed by atoms with Crippen LogP contribution in [-0.2, 0) is 6.42 Å². The van der Waals surface area contributed by atoms with Crippen molar-refractivity contribution in [1.29, 1.82) is 0 Å². The lowest BCUT2D eigenvalue weighted by Gasteiger charge is -2.16. The second-order valence-corrected chi connectivity index (χ2v) is 6.39. The fourth-order valence-electron chi connectivity index (χ4n) is 1.92. The molecule has 1 atom stereocenters. The topological polar surface area (TPSA) is 12.0 Å². The second-order valence-electron chi connectivity index (χ2n) is 4.62. The third kappa shape index (κ3) is 4.03. The first kappa shape index (κ1) is 15.4. The molecule has 5 heteroatoms. The number of hydrogen-bond donors (Lipinski definition) is 1. The maximum atomic E-state index is 13.7.